The molecule has 0 aromatic rings. The normalized spacial score (nSPS) is 20.1. The van der Waals surface area contributed by atoms with Gasteiger partial charge in [0.25, 0.3) is 0 Å². The van der Waals surface area contributed by atoms with Crippen molar-refractivity contribution in [1.29, 1.82) is 0 Å². The summed E-state index contributed by atoms with van der Waals surface area (Å²) in [5.74, 6) is 0.0249. The average Bonchev–Trinajstić information content (AvgIpc) is 2.41. The van der Waals surface area contributed by atoms with Gasteiger partial charge in [-0.1, -0.05) is 20.8 Å². The molecule has 0 saturated carbocycles. The van der Waals surface area contributed by atoms with Gasteiger partial charge in [0.1, 0.15) is 6.10 Å². The molecule has 0 spiro atoms. The highest BCUT2D eigenvalue weighted by Crippen LogP contribution is 2.29. The summed E-state index contributed by atoms with van der Waals surface area (Å²) in [5, 5.41) is 6.21. The molecule has 1 unspecified atom stereocenters. The Hall–Kier alpha value is -0.320. The van der Waals surface area contributed by atoms with Gasteiger partial charge in [-0.3, -0.25) is 4.79 Å². The molecule has 0 aromatic carbocycles. The minimum absolute atomic E-state index is 0. The van der Waals surface area contributed by atoms with E-state index in [2.05, 4.69) is 31.4 Å². The van der Waals surface area contributed by atoms with Gasteiger partial charge < -0.3 is 15.4 Å². The lowest BCUT2D eigenvalue weighted by atomic mass is 9.80. The fraction of sp³-hybridized carbons (Fsp3) is 0.923. The van der Waals surface area contributed by atoms with E-state index in [4.69, 9.17) is 4.74 Å². The highest BCUT2D eigenvalue weighted by atomic mass is 35.5. The first-order valence-corrected chi connectivity index (χ1v) is 6.77. The van der Waals surface area contributed by atoms with Crippen LogP contribution in [0.4, 0.5) is 0 Å². The molecule has 108 valence electrons. The van der Waals surface area contributed by atoms with Crippen molar-refractivity contribution in [3.8, 4) is 0 Å². The Bertz CT molecular complexity index is 231. The fourth-order valence-electron chi connectivity index (χ4n) is 2.25. The number of morpholine rings is 1. The van der Waals surface area contributed by atoms with E-state index < -0.39 is 0 Å². The molecule has 1 heterocycles. The van der Waals surface area contributed by atoms with Gasteiger partial charge in [0.2, 0.25) is 5.91 Å². The van der Waals surface area contributed by atoms with Crippen LogP contribution in [0.5, 0.6) is 0 Å². The standard InChI is InChI=1S/C13H26N2O2.ClH/c1-4-13(5-2,6-3)10-15-12(16)11-9-14-7-8-17-11;/h11,14H,4-10H2,1-3H3,(H,15,16);1H. The zero-order valence-corrected chi connectivity index (χ0v) is 12.6. The Labute approximate surface area is 117 Å². The summed E-state index contributed by atoms with van der Waals surface area (Å²) in [5.41, 5.74) is 0.248. The number of hydrogen-bond donors (Lipinski definition) is 2. The Morgan fingerprint density at radius 2 is 1.94 bits per heavy atom. The maximum Gasteiger partial charge on any atom is 0.250 e. The topological polar surface area (TPSA) is 50.4 Å². The second-order valence-corrected chi connectivity index (χ2v) is 4.84. The van der Waals surface area contributed by atoms with Gasteiger partial charge in [-0.25, -0.2) is 0 Å². The van der Waals surface area contributed by atoms with Crippen LogP contribution in [0.1, 0.15) is 40.0 Å². The summed E-state index contributed by atoms with van der Waals surface area (Å²) in [6.07, 6.45) is 2.99. The minimum Gasteiger partial charge on any atom is -0.366 e. The van der Waals surface area contributed by atoms with Crippen LogP contribution in [0.25, 0.3) is 0 Å². The van der Waals surface area contributed by atoms with Crippen molar-refractivity contribution >= 4 is 18.3 Å². The van der Waals surface area contributed by atoms with Crippen molar-refractivity contribution in [1.82, 2.24) is 10.6 Å². The molecule has 1 atom stereocenters. The number of halogens is 1. The zero-order chi connectivity index (χ0) is 12.7. The second kappa shape index (κ2) is 8.73. The largest absolute Gasteiger partial charge is 0.366 e. The molecule has 0 aromatic heterocycles. The Balaban J connectivity index is 0.00000289. The molecule has 5 heteroatoms. The Morgan fingerprint density at radius 1 is 1.33 bits per heavy atom. The number of ether oxygens (including phenoxy) is 1. The van der Waals surface area contributed by atoms with Crippen LogP contribution in [-0.4, -0.2) is 38.3 Å². The van der Waals surface area contributed by atoms with E-state index in [-0.39, 0.29) is 29.8 Å². The van der Waals surface area contributed by atoms with Crippen LogP contribution in [-0.2, 0) is 9.53 Å². The van der Waals surface area contributed by atoms with E-state index in [1.165, 1.54) is 0 Å². The molecule has 0 bridgehead atoms. The lowest BCUT2D eigenvalue weighted by molar-refractivity contribution is -0.134. The van der Waals surface area contributed by atoms with Gasteiger partial charge in [-0.05, 0) is 24.7 Å². The van der Waals surface area contributed by atoms with E-state index in [1.54, 1.807) is 0 Å². The molecule has 18 heavy (non-hydrogen) atoms. The summed E-state index contributed by atoms with van der Waals surface area (Å²) in [4.78, 5) is 11.9. The highest BCUT2D eigenvalue weighted by Gasteiger charge is 2.27. The van der Waals surface area contributed by atoms with Gasteiger partial charge in [0.05, 0.1) is 6.61 Å². The van der Waals surface area contributed by atoms with Crippen LogP contribution in [0.2, 0.25) is 0 Å². The molecule has 1 rings (SSSR count). The van der Waals surface area contributed by atoms with Crippen molar-refractivity contribution in [2.45, 2.75) is 46.1 Å². The monoisotopic (exact) mass is 278 g/mol. The summed E-state index contributed by atoms with van der Waals surface area (Å²) < 4.78 is 5.43. The number of amides is 1. The molecule has 1 aliphatic rings. The number of carbonyl (C=O) groups is 1. The average molecular weight is 279 g/mol. The molecule has 0 aliphatic carbocycles. The predicted molar refractivity (Wildman–Crippen MR) is 76.2 cm³/mol. The summed E-state index contributed by atoms with van der Waals surface area (Å²) in [7, 11) is 0. The van der Waals surface area contributed by atoms with E-state index in [9.17, 15) is 4.79 Å². The van der Waals surface area contributed by atoms with Crippen molar-refractivity contribution in [3.63, 3.8) is 0 Å². The molecular formula is C13H27ClN2O2. The fourth-order valence-corrected chi connectivity index (χ4v) is 2.25. The molecule has 1 aliphatic heterocycles. The van der Waals surface area contributed by atoms with Gasteiger partial charge >= 0.3 is 0 Å². The smallest absolute Gasteiger partial charge is 0.250 e. The van der Waals surface area contributed by atoms with Crippen LogP contribution in [0.15, 0.2) is 0 Å². The molecule has 2 N–H and O–H groups in total. The summed E-state index contributed by atoms with van der Waals surface area (Å²) >= 11 is 0. The molecule has 1 fully saturated rings. The molecule has 0 radical (unpaired) electrons. The second-order valence-electron chi connectivity index (χ2n) is 4.84. The van der Waals surface area contributed by atoms with Crippen LogP contribution < -0.4 is 10.6 Å². The van der Waals surface area contributed by atoms with E-state index in [1.807, 2.05) is 0 Å². The van der Waals surface area contributed by atoms with Crippen molar-refractivity contribution in [2.24, 2.45) is 5.41 Å². The Kier molecular flexibility index (Phi) is 8.57. The molecule has 1 saturated heterocycles. The maximum atomic E-state index is 11.9. The predicted octanol–water partition coefficient (Wildman–Crippen LogP) is 1.73. The number of hydrogen-bond acceptors (Lipinski definition) is 3. The van der Waals surface area contributed by atoms with E-state index >= 15 is 0 Å². The van der Waals surface area contributed by atoms with Gasteiger partial charge in [0.15, 0.2) is 0 Å². The van der Waals surface area contributed by atoms with E-state index in [0.717, 1.165) is 32.4 Å². The SMILES string of the molecule is CCC(CC)(CC)CNC(=O)C1CNCCO1.Cl. The maximum absolute atomic E-state index is 11.9. The summed E-state index contributed by atoms with van der Waals surface area (Å²) in [6.45, 7) is 9.43. The molecular weight excluding hydrogens is 252 g/mol. The third kappa shape index (κ3) is 4.75. The lowest BCUT2D eigenvalue weighted by Crippen LogP contribution is -2.49. The van der Waals surface area contributed by atoms with Crippen molar-refractivity contribution in [2.75, 3.05) is 26.2 Å². The minimum atomic E-state index is -0.313. The highest BCUT2D eigenvalue weighted by molar-refractivity contribution is 5.85. The van der Waals surface area contributed by atoms with Crippen LogP contribution >= 0.6 is 12.4 Å². The zero-order valence-electron chi connectivity index (χ0n) is 11.8. The number of rotatable bonds is 6. The number of carbonyl (C=O) groups excluding carboxylic acids is 1. The van der Waals surface area contributed by atoms with E-state index in [0.29, 0.717) is 13.2 Å². The number of nitrogens with one attached hydrogen (secondary N) is 2. The molecule has 4 nitrogen and oxygen atoms in total. The quantitative estimate of drug-likeness (QED) is 0.778. The van der Waals surface area contributed by atoms with Gasteiger partial charge in [-0.2, -0.15) is 0 Å². The van der Waals surface area contributed by atoms with Crippen LogP contribution in [0.3, 0.4) is 0 Å². The van der Waals surface area contributed by atoms with Crippen LogP contribution in [0, 0.1) is 5.41 Å². The third-order valence-electron chi connectivity index (χ3n) is 4.11. The third-order valence-corrected chi connectivity index (χ3v) is 4.11. The van der Waals surface area contributed by atoms with Gasteiger partial charge in [0, 0.05) is 19.6 Å². The first kappa shape index (κ1) is 17.7. The first-order valence-electron chi connectivity index (χ1n) is 6.77. The molecule has 1 amide bonds. The lowest BCUT2D eigenvalue weighted by Gasteiger charge is -2.32. The van der Waals surface area contributed by atoms with Crippen molar-refractivity contribution in [3.05, 3.63) is 0 Å². The Morgan fingerprint density at radius 3 is 2.39 bits per heavy atom. The first-order chi connectivity index (χ1) is 8.17. The summed E-state index contributed by atoms with van der Waals surface area (Å²) in [6, 6.07) is 0. The van der Waals surface area contributed by atoms with Crippen molar-refractivity contribution < 1.29 is 9.53 Å². The van der Waals surface area contributed by atoms with Gasteiger partial charge in [-0.15, -0.1) is 12.4 Å².